The Hall–Kier alpha value is -0.530. The van der Waals surface area contributed by atoms with E-state index >= 15 is 0 Å². The van der Waals surface area contributed by atoms with Crippen molar-refractivity contribution in [3.63, 3.8) is 0 Å². The van der Waals surface area contributed by atoms with Gasteiger partial charge in [-0.15, -0.1) is 11.6 Å². The summed E-state index contributed by atoms with van der Waals surface area (Å²) < 4.78 is 0. The molecule has 0 amide bonds. The Kier molecular flexibility index (Phi) is 3.44. The second-order valence-electron chi connectivity index (χ2n) is 3.89. The van der Waals surface area contributed by atoms with Gasteiger partial charge in [0.05, 0.1) is 0 Å². The van der Waals surface area contributed by atoms with E-state index in [0.717, 1.165) is 19.4 Å². The molecule has 1 heterocycles. The lowest BCUT2D eigenvalue weighted by Gasteiger charge is -2.17. The number of hydrogen-bond donors (Lipinski definition) is 1. The van der Waals surface area contributed by atoms with E-state index in [-0.39, 0.29) is 0 Å². The second-order valence-corrected chi connectivity index (χ2v) is 4.51. The normalized spacial score (nSPS) is 28.4. The van der Waals surface area contributed by atoms with Gasteiger partial charge in [0.15, 0.2) is 0 Å². The number of rotatable bonds is 1. The van der Waals surface area contributed by atoms with Gasteiger partial charge in [0, 0.05) is 11.4 Å². The van der Waals surface area contributed by atoms with Crippen LogP contribution in [0.2, 0.25) is 0 Å². The van der Waals surface area contributed by atoms with Crippen LogP contribution in [0.5, 0.6) is 0 Å². The summed E-state index contributed by atoms with van der Waals surface area (Å²) in [6, 6.07) is 11.0. The van der Waals surface area contributed by atoms with Gasteiger partial charge >= 0.3 is 0 Å². The monoisotopic (exact) mass is 209 g/mol. The molecular formula is C12H16ClN. The fraction of sp³-hybridized carbons (Fsp3) is 0.500. The van der Waals surface area contributed by atoms with E-state index in [9.17, 15) is 0 Å². The average Bonchev–Trinajstić information content (AvgIpc) is 2.44. The first-order valence-corrected chi connectivity index (χ1v) is 5.72. The highest BCUT2D eigenvalue weighted by atomic mass is 35.5. The fourth-order valence-electron chi connectivity index (χ4n) is 2.00. The molecule has 0 saturated carbocycles. The van der Waals surface area contributed by atoms with Crippen molar-refractivity contribution in [2.24, 2.45) is 0 Å². The lowest BCUT2D eigenvalue weighted by Crippen LogP contribution is -2.21. The van der Waals surface area contributed by atoms with Crippen LogP contribution in [-0.4, -0.2) is 11.9 Å². The number of alkyl halides is 1. The SMILES string of the molecule is ClC1CCCNC(c2ccccc2)C1. The summed E-state index contributed by atoms with van der Waals surface area (Å²) in [7, 11) is 0. The highest BCUT2D eigenvalue weighted by Crippen LogP contribution is 2.25. The lowest BCUT2D eigenvalue weighted by atomic mass is 10.0. The zero-order valence-electron chi connectivity index (χ0n) is 8.25. The number of halogens is 1. The summed E-state index contributed by atoms with van der Waals surface area (Å²) in [6.45, 7) is 1.09. The molecule has 0 bridgehead atoms. The molecule has 0 aliphatic carbocycles. The fourth-order valence-corrected chi connectivity index (χ4v) is 2.33. The predicted octanol–water partition coefficient (Wildman–Crippen LogP) is 3.11. The Bertz CT molecular complexity index is 273. The van der Waals surface area contributed by atoms with Crippen molar-refractivity contribution in [1.29, 1.82) is 0 Å². The molecule has 2 unspecified atom stereocenters. The maximum Gasteiger partial charge on any atom is 0.0354 e. The van der Waals surface area contributed by atoms with E-state index in [2.05, 4.69) is 35.6 Å². The molecule has 1 aromatic carbocycles. The molecule has 76 valence electrons. The molecule has 0 aromatic heterocycles. The molecule has 14 heavy (non-hydrogen) atoms. The minimum atomic E-state index is 0.329. The molecule has 0 spiro atoms. The highest BCUT2D eigenvalue weighted by molar-refractivity contribution is 6.20. The molecule has 2 rings (SSSR count). The van der Waals surface area contributed by atoms with Crippen LogP contribution in [0.1, 0.15) is 30.9 Å². The topological polar surface area (TPSA) is 12.0 Å². The van der Waals surface area contributed by atoms with Crippen LogP contribution < -0.4 is 5.32 Å². The molecular weight excluding hydrogens is 194 g/mol. The van der Waals surface area contributed by atoms with Gasteiger partial charge < -0.3 is 5.32 Å². The lowest BCUT2D eigenvalue weighted by molar-refractivity contribution is 0.537. The van der Waals surface area contributed by atoms with E-state index in [1.165, 1.54) is 12.0 Å². The maximum absolute atomic E-state index is 6.23. The van der Waals surface area contributed by atoms with E-state index in [1.54, 1.807) is 0 Å². The van der Waals surface area contributed by atoms with Gasteiger partial charge in [-0.1, -0.05) is 30.3 Å². The summed E-state index contributed by atoms with van der Waals surface area (Å²) in [4.78, 5) is 0. The zero-order chi connectivity index (χ0) is 9.80. The number of benzene rings is 1. The standard InChI is InChI=1S/C12H16ClN/c13-11-7-4-8-14-12(9-11)10-5-2-1-3-6-10/h1-3,5-6,11-12,14H,4,7-9H2. The molecule has 2 heteroatoms. The van der Waals surface area contributed by atoms with Crippen LogP contribution in [0.3, 0.4) is 0 Å². The third kappa shape index (κ3) is 2.49. The third-order valence-electron chi connectivity index (χ3n) is 2.78. The second kappa shape index (κ2) is 4.81. The molecule has 1 aliphatic heterocycles. The first-order chi connectivity index (χ1) is 6.86. The molecule has 2 atom stereocenters. The van der Waals surface area contributed by atoms with E-state index < -0.39 is 0 Å². The number of nitrogens with one attached hydrogen (secondary N) is 1. The Morgan fingerprint density at radius 2 is 2.00 bits per heavy atom. The van der Waals surface area contributed by atoms with Gasteiger partial charge in [-0.05, 0) is 31.4 Å². The first-order valence-electron chi connectivity index (χ1n) is 5.28. The van der Waals surface area contributed by atoms with Crippen LogP contribution in [0.4, 0.5) is 0 Å². The van der Waals surface area contributed by atoms with Crippen LogP contribution in [-0.2, 0) is 0 Å². The minimum absolute atomic E-state index is 0.329. The summed E-state index contributed by atoms with van der Waals surface area (Å²) in [5, 5.41) is 3.87. The molecule has 1 fully saturated rings. The summed E-state index contributed by atoms with van der Waals surface area (Å²) >= 11 is 6.23. The largest absolute Gasteiger partial charge is 0.310 e. The smallest absolute Gasteiger partial charge is 0.0354 e. The number of hydrogen-bond acceptors (Lipinski definition) is 1. The van der Waals surface area contributed by atoms with Crippen molar-refractivity contribution in [2.75, 3.05) is 6.54 Å². The Labute approximate surface area is 90.5 Å². The molecule has 1 saturated heterocycles. The van der Waals surface area contributed by atoms with Crippen molar-refractivity contribution in [3.8, 4) is 0 Å². The van der Waals surface area contributed by atoms with Crippen LogP contribution in [0.15, 0.2) is 30.3 Å². The summed E-state index contributed by atoms with van der Waals surface area (Å²) in [6.07, 6.45) is 3.38. The van der Waals surface area contributed by atoms with Gasteiger partial charge in [-0.3, -0.25) is 0 Å². The van der Waals surface area contributed by atoms with Crippen molar-refractivity contribution >= 4 is 11.6 Å². The van der Waals surface area contributed by atoms with Gasteiger partial charge in [-0.25, -0.2) is 0 Å². The van der Waals surface area contributed by atoms with Gasteiger partial charge in [0.1, 0.15) is 0 Å². The predicted molar refractivity (Wildman–Crippen MR) is 60.7 cm³/mol. The summed E-state index contributed by atoms with van der Waals surface area (Å²) in [5.41, 5.74) is 1.36. The van der Waals surface area contributed by atoms with Crippen molar-refractivity contribution in [2.45, 2.75) is 30.7 Å². The van der Waals surface area contributed by atoms with Crippen molar-refractivity contribution in [1.82, 2.24) is 5.32 Å². The van der Waals surface area contributed by atoms with E-state index in [1.807, 2.05) is 0 Å². The van der Waals surface area contributed by atoms with E-state index in [4.69, 9.17) is 11.6 Å². The van der Waals surface area contributed by atoms with Crippen molar-refractivity contribution in [3.05, 3.63) is 35.9 Å². The van der Waals surface area contributed by atoms with Gasteiger partial charge in [-0.2, -0.15) is 0 Å². The van der Waals surface area contributed by atoms with Crippen molar-refractivity contribution < 1.29 is 0 Å². The quantitative estimate of drug-likeness (QED) is 0.701. The van der Waals surface area contributed by atoms with Crippen LogP contribution in [0, 0.1) is 0 Å². The third-order valence-corrected chi connectivity index (χ3v) is 3.17. The first kappa shape index (κ1) is 10.0. The Morgan fingerprint density at radius 1 is 1.21 bits per heavy atom. The minimum Gasteiger partial charge on any atom is -0.310 e. The molecule has 1 aromatic rings. The summed E-state index contributed by atoms with van der Waals surface area (Å²) in [5.74, 6) is 0. The van der Waals surface area contributed by atoms with Gasteiger partial charge in [0.2, 0.25) is 0 Å². The molecule has 0 radical (unpaired) electrons. The van der Waals surface area contributed by atoms with Gasteiger partial charge in [0.25, 0.3) is 0 Å². The zero-order valence-corrected chi connectivity index (χ0v) is 9.00. The van der Waals surface area contributed by atoms with Crippen LogP contribution >= 0.6 is 11.6 Å². The maximum atomic E-state index is 6.23. The molecule has 1 N–H and O–H groups in total. The Morgan fingerprint density at radius 3 is 2.79 bits per heavy atom. The average molecular weight is 210 g/mol. The molecule has 1 aliphatic rings. The van der Waals surface area contributed by atoms with E-state index in [0.29, 0.717) is 11.4 Å². The highest BCUT2D eigenvalue weighted by Gasteiger charge is 2.18. The Balaban J connectivity index is 2.09. The molecule has 1 nitrogen and oxygen atoms in total. The van der Waals surface area contributed by atoms with Crippen LogP contribution in [0.25, 0.3) is 0 Å².